The molecule has 0 aliphatic carbocycles. The zero-order valence-electron chi connectivity index (χ0n) is 12.3. The van der Waals surface area contributed by atoms with Crippen molar-refractivity contribution in [1.29, 1.82) is 0 Å². The number of hydrogen-bond donors (Lipinski definition) is 1. The summed E-state index contributed by atoms with van der Waals surface area (Å²) in [6.45, 7) is 0.977. The predicted molar refractivity (Wildman–Crippen MR) is 99.4 cm³/mol. The summed E-state index contributed by atoms with van der Waals surface area (Å²) >= 11 is 5.94. The van der Waals surface area contributed by atoms with Crippen LogP contribution in [0.5, 0.6) is 0 Å². The van der Waals surface area contributed by atoms with Crippen LogP contribution in [0.3, 0.4) is 0 Å². The van der Waals surface area contributed by atoms with Gasteiger partial charge < -0.3 is 10.2 Å². The molecule has 1 aromatic carbocycles. The van der Waals surface area contributed by atoms with Crippen molar-refractivity contribution in [3.63, 3.8) is 0 Å². The molecule has 0 spiro atoms. The van der Waals surface area contributed by atoms with Gasteiger partial charge in [-0.3, -0.25) is 4.99 Å². The smallest absolute Gasteiger partial charge is 0.193 e. The number of halogens is 2. The molecule has 0 saturated carbocycles. The zero-order valence-corrected chi connectivity index (χ0v) is 16.2. The van der Waals surface area contributed by atoms with Gasteiger partial charge in [-0.15, -0.1) is 24.0 Å². The molecule has 1 rings (SSSR count). The first-order valence-electron chi connectivity index (χ1n) is 6.16. The van der Waals surface area contributed by atoms with Gasteiger partial charge in [-0.25, -0.2) is 8.42 Å². The van der Waals surface area contributed by atoms with Gasteiger partial charge in [0.25, 0.3) is 0 Å². The third kappa shape index (κ3) is 8.47. The van der Waals surface area contributed by atoms with E-state index in [4.69, 9.17) is 11.6 Å². The standard InChI is InChI=1S/C13H20ClN3O2S.HI/c1-15-13(16-7-8-20(3,18)19)17(2)10-11-5-4-6-12(14)9-11;/h4-6,9H,7-8,10H2,1-3H3,(H,15,16);1H. The number of benzene rings is 1. The number of sulfone groups is 1. The Balaban J connectivity index is 0.00000400. The number of aliphatic imine (C=N–C) groups is 1. The van der Waals surface area contributed by atoms with Crippen molar-refractivity contribution in [2.24, 2.45) is 4.99 Å². The van der Waals surface area contributed by atoms with E-state index in [1.54, 1.807) is 7.05 Å². The van der Waals surface area contributed by atoms with Gasteiger partial charge in [0.1, 0.15) is 9.84 Å². The molecule has 0 bridgehead atoms. The molecule has 0 saturated heterocycles. The Morgan fingerprint density at radius 2 is 2.10 bits per heavy atom. The highest BCUT2D eigenvalue weighted by Gasteiger charge is 2.08. The number of nitrogens with zero attached hydrogens (tertiary/aromatic N) is 2. The van der Waals surface area contributed by atoms with Crippen LogP contribution in [0.1, 0.15) is 5.56 Å². The normalized spacial score (nSPS) is 11.7. The second-order valence-corrected chi connectivity index (χ2v) is 7.29. The van der Waals surface area contributed by atoms with Crippen molar-refractivity contribution >= 4 is 51.4 Å². The van der Waals surface area contributed by atoms with Crippen LogP contribution in [-0.4, -0.2) is 51.9 Å². The lowest BCUT2D eigenvalue weighted by Gasteiger charge is -2.22. The molecule has 0 atom stereocenters. The first kappa shape index (κ1) is 20.5. The third-order valence-corrected chi connectivity index (χ3v) is 3.82. The average molecular weight is 446 g/mol. The summed E-state index contributed by atoms with van der Waals surface area (Å²) in [6.07, 6.45) is 1.22. The average Bonchev–Trinajstić information content (AvgIpc) is 2.33. The summed E-state index contributed by atoms with van der Waals surface area (Å²) in [5, 5.41) is 3.72. The molecule has 0 aliphatic heterocycles. The predicted octanol–water partition coefficient (Wildman–Crippen LogP) is 2.01. The molecule has 1 N–H and O–H groups in total. The summed E-state index contributed by atoms with van der Waals surface area (Å²) in [5.41, 5.74) is 1.06. The molecular formula is C13H21ClIN3O2S. The number of guanidine groups is 1. The molecule has 0 amide bonds. The first-order chi connectivity index (χ1) is 9.31. The Kier molecular flexibility index (Phi) is 9.23. The molecule has 0 fully saturated rings. The Labute approximate surface area is 148 Å². The van der Waals surface area contributed by atoms with Crippen molar-refractivity contribution in [2.75, 3.05) is 32.6 Å². The molecule has 5 nitrogen and oxygen atoms in total. The number of hydrogen-bond acceptors (Lipinski definition) is 3. The highest BCUT2D eigenvalue weighted by molar-refractivity contribution is 14.0. The summed E-state index contributed by atoms with van der Waals surface area (Å²) in [6, 6.07) is 7.59. The monoisotopic (exact) mass is 445 g/mol. The van der Waals surface area contributed by atoms with Crippen LogP contribution >= 0.6 is 35.6 Å². The highest BCUT2D eigenvalue weighted by Crippen LogP contribution is 2.12. The van der Waals surface area contributed by atoms with Gasteiger partial charge in [0, 0.05) is 38.5 Å². The van der Waals surface area contributed by atoms with E-state index in [1.165, 1.54) is 6.26 Å². The van der Waals surface area contributed by atoms with Crippen LogP contribution in [0.25, 0.3) is 0 Å². The van der Waals surface area contributed by atoms with Gasteiger partial charge in [-0.2, -0.15) is 0 Å². The largest absolute Gasteiger partial charge is 0.355 e. The van der Waals surface area contributed by atoms with E-state index in [0.717, 1.165) is 5.56 Å². The Bertz CT molecular complexity index is 579. The maximum atomic E-state index is 11.1. The third-order valence-electron chi connectivity index (χ3n) is 2.64. The summed E-state index contributed by atoms with van der Waals surface area (Å²) < 4.78 is 22.2. The van der Waals surface area contributed by atoms with Gasteiger partial charge in [0.15, 0.2) is 5.96 Å². The van der Waals surface area contributed by atoms with Crippen LogP contribution in [0, 0.1) is 0 Å². The molecule has 21 heavy (non-hydrogen) atoms. The van der Waals surface area contributed by atoms with Crippen LogP contribution in [0.2, 0.25) is 5.02 Å². The molecule has 1 aromatic rings. The minimum Gasteiger partial charge on any atom is -0.355 e. The molecule has 8 heteroatoms. The Morgan fingerprint density at radius 1 is 1.43 bits per heavy atom. The van der Waals surface area contributed by atoms with Crippen LogP contribution in [0.4, 0.5) is 0 Å². The second-order valence-electron chi connectivity index (χ2n) is 4.59. The summed E-state index contributed by atoms with van der Waals surface area (Å²) in [7, 11) is 0.578. The van der Waals surface area contributed by atoms with Gasteiger partial charge in [-0.05, 0) is 17.7 Å². The molecule has 0 aliphatic rings. The van der Waals surface area contributed by atoms with Crippen molar-refractivity contribution in [3.05, 3.63) is 34.9 Å². The first-order valence-corrected chi connectivity index (χ1v) is 8.59. The van der Waals surface area contributed by atoms with Crippen molar-refractivity contribution in [2.45, 2.75) is 6.54 Å². The lowest BCUT2D eigenvalue weighted by Crippen LogP contribution is -2.40. The van der Waals surface area contributed by atoms with Crippen molar-refractivity contribution < 1.29 is 8.42 Å². The molecular weight excluding hydrogens is 425 g/mol. The van der Waals surface area contributed by atoms with Crippen molar-refractivity contribution in [1.82, 2.24) is 10.2 Å². The van der Waals surface area contributed by atoms with Crippen LogP contribution < -0.4 is 5.32 Å². The van der Waals surface area contributed by atoms with Crippen LogP contribution in [-0.2, 0) is 16.4 Å². The SMILES string of the molecule is CN=C(NCCS(C)(=O)=O)N(C)Cc1cccc(Cl)c1.I. The van der Waals surface area contributed by atoms with E-state index in [1.807, 2.05) is 36.2 Å². The maximum absolute atomic E-state index is 11.1. The van der Waals surface area contributed by atoms with Crippen LogP contribution in [0.15, 0.2) is 29.3 Å². The fourth-order valence-electron chi connectivity index (χ4n) is 1.72. The summed E-state index contributed by atoms with van der Waals surface area (Å²) in [4.78, 5) is 6.04. The molecule has 0 heterocycles. The van der Waals surface area contributed by atoms with Crippen molar-refractivity contribution in [3.8, 4) is 0 Å². The Morgan fingerprint density at radius 3 is 2.62 bits per heavy atom. The molecule has 0 aromatic heterocycles. The van der Waals surface area contributed by atoms with E-state index in [9.17, 15) is 8.42 Å². The Hall–Kier alpha value is -0.540. The lowest BCUT2D eigenvalue weighted by molar-refractivity contribution is 0.479. The van der Waals surface area contributed by atoms with Gasteiger partial charge >= 0.3 is 0 Å². The van der Waals surface area contributed by atoms with E-state index in [-0.39, 0.29) is 29.7 Å². The highest BCUT2D eigenvalue weighted by atomic mass is 127. The molecule has 120 valence electrons. The van der Waals surface area contributed by atoms with Gasteiger partial charge in [0.2, 0.25) is 0 Å². The van der Waals surface area contributed by atoms with E-state index in [2.05, 4.69) is 10.3 Å². The lowest BCUT2D eigenvalue weighted by atomic mass is 10.2. The number of rotatable bonds is 5. The van der Waals surface area contributed by atoms with E-state index >= 15 is 0 Å². The minimum absolute atomic E-state index is 0. The van der Waals surface area contributed by atoms with E-state index in [0.29, 0.717) is 24.1 Å². The summed E-state index contributed by atoms with van der Waals surface area (Å²) in [5.74, 6) is 0.727. The fraction of sp³-hybridized carbons (Fsp3) is 0.462. The zero-order chi connectivity index (χ0) is 15.2. The number of nitrogens with one attached hydrogen (secondary N) is 1. The molecule has 0 radical (unpaired) electrons. The fourth-order valence-corrected chi connectivity index (χ4v) is 2.40. The molecule has 0 unspecified atom stereocenters. The minimum atomic E-state index is -2.97. The second kappa shape index (κ2) is 9.47. The quantitative estimate of drug-likeness (QED) is 0.428. The maximum Gasteiger partial charge on any atom is 0.193 e. The van der Waals surface area contributed by atoms with E-state index < -0.39 is 9.84 Å². The topological polar surface area (TPSA) is 61.8 Å². The van der Waals surface area contributed by atoms with Gasteiger partial charge in [-0.1, -0.05) is 23.7 Å². The van der Waals surface area contributed by atoms with Gasteiger partial charge in [0.05, 0.1) is 5.75 Å².